The van der Waals surface area contributed by atoms with Crippen molar-refractivity contribution in [3.05, 3.63) is 165 Å². The zero-order chi connectivity index (χ0) is 44.2. The van der Waals surface area contributed by atoms with Gasteiger partial charge in [0.15, 0.2) is 16.8 Å². The lowest BCUT2D eigenvalue weighted by molar-refractivity contribution is -0.142. The Morgan fingerprint density at radius 1 is 0.733 bits per heavy atom. The Morgan fingerprint density at radius 2 is 1.25 bits per heavy atom. The lowest BCUT2D eigenvalue weighted by atomic mass is 10.3. The van der Waals surface area contributed by atoms with E-state index in [9.17, 15) is 40.7 Å². The van der Waals surface area contributed by atoms with Gasteiger partial charge in [0.2, 0.25) is 0 Å². The molecule has 0 saturated carbocycles. The number of H-pyrrole nitrogens is 3. The van der Waals surface area contributed by atoms with Gasteiger partial charge < -0.3 is 15.1 Å². The van der Waals surface area contributed by atoms with E-state index in [1.54, 1.807) is 36.8 Å². The molecule has 4 N–H and O–H groups in total. The van der Waals surface area contributed by atoms with E-state index in [-0.39, 0.29) is 39.9 Å². The molecule has 6 heterocycles. The van der Waals surface area contributed by atoms with Gasteiger partial charge in [0.1, 0.15) is 11.5 Å². The smallest absolute Gasteiger partial charge is 0.392 e. The van der Waals surface area contributed by atoms with E-state index in [1.807, 2.05) is 16.0 Å². The lowest BCUT2D eigenvalue weighted by Gasteiger charge is -2.07. The van der Waals surface area contributed by atoms with Gasteiger partial charge in [-0.15, -0.1) is 28.7 Å². The molecule has 0 unspecified atom stereocenters. The third-order valence-electron chi connectivity index (χ3n) is 6.20. The van der Waals surface area contributed by atoms with E-state index in [1.165, 1.54) is 31.0 Å². The van der Waals surface area contributed by atoms with Crippen LogP contribution in [-0.4, -0.2) is 51.3 Å². The summed E-state index contributed by atoms with van der Waals surface area (Å²) in [6.07, 6.45) is 3.84. The fraction of sp³-hybridized carbons (Fsp3) is 0.147. The molecule has 0 fully saturated rings. The first-order valence-electron chi connectivity index (χ1n) is 15.5. The molecule has 0 atom stereocenters. The van der Waals surface area contributed by atoms with Crippen molar-refractivity contribution in [1.29, 1.82) is 0 Å². The topological polar surface area (TPSA) is 183 Å². The first kappa shape index (κ1) is 54.3. The van der Waals surface area contributed by atoms with Crippen LogP contribution in [0.3, 0.4) is 0 Å². The summed E-state index contributed by atoms with van der Waals surface area (Å²) in [7, 11) is 0. The number of aromatic nitrogens is 8. The van der Waals surface area contributed by atoms with Crippen molar-refractivity contribution in [2.24, 2.45) is 0 Å². The molecule has 0 aliphatic rings. The molecule has 60 heavy (non-hydrogen) atoms. The summed E-state index contributed by atoms with van der Waals surface area (Å²) in [6, 6.07) is 7.59. The third-order valence-corrected chi connectivity index (χ3v) is 9.51. The van der Waals surface area contributed by atoms with Crippen LogP contribution in [0, 0.1) is 4.77 Å². The van der Waals surface area contributed by atoms with Crippen LogP contribution in [0.1, 0.15) is 38.7 Å². The van der Waals surface area contributed by atoms with Crippen LogP contribution in [0.4, 0.5) is 26.3 Å². The quantitative estimate of drug-likeness (QED) is 0.0409. The first-order chi connectivity index (χ1) is 27.8. The van der Waals surface area contributed by atoms with Crippen molar-refractivity contribution in [2.45, 2.75) is 34.9 Å². The Kier molecular flexibility index (Phi) is 24.7. The number of aldehydes is 1. The number of halogens is 12. The molecular weight excluding hydrogens is 1060 g/mol. The fourth-order valence-corrected chi connectivity index (χ4v) is 5.94. The molecule has 0 saturated heterocycles. The summed E-state index contributed by atoms with van der Waals surface area (Å²) in [5.74, 6) is -0.00851. The molecule has 0 bridgehead atoms. The van der Waals surface area contributed by atoms with E-state index in [0.717, 1.165) is 27.7 Å². The number of thioether (sulfide) groups is 1. The van der Waals surface area contributed by atoms with Crippen LogP contribution in [0.25, 0.3) is 0 Å². The molecule has 6 aromatic rings. The molecule has 6 rings (SSSR count). The second-order valence-corrected chi connectivity index (χ2v) is 14.0. The first-order valence-corrected chi connectivity index (χ1v) is 19.5. The number of hydrogen-bond donors (Lipinski definition) is 4. The van der Waals surface area contributed by atoms with Gasteiger partial charge in [-0.2, -0.15) is 26.3 Å². The maximum atomic E-state index is 12.5. The predicted octanol–water partition coefficient (Wildman–Crippen LogP) is 10.6. The van der Waals surface area contributed by atoms with Gasteiger partial charge >= 0.3 is 12.4 Å². The molecule has 322 valence electrons. The van der Waals surface area contributed by atoms with Gasteiger partial charge in [-0.3, -0.25) is 39.3 Å². The number of pyridine rings is 4. The summed E-state index contributed by atoms with van der Waals surface area (Å²) < 4.78 is 73.0. The van der Waals surface area contributed by atoms with Crippen LogP contribution in [0.15, 0.2) is 100 Å². The summed E-state index contributed by atoms with van der Waals surface area (Å²) >= 11 is 31.5. The molecule has 0 radical (unpaired) electrons. The molecule has 6 aromatic heterocycles. The highest BCUT2D eigenvalue weighted by atomic mass is 79.9. The van der Waals surface area contributed by atoms with E-state index in [2.05, 4.69) is 58.1 Å². The zero-order valence-electron chi connectivity index (χ0n) is 29.6. The minimum atomic E-state index is -4.65. The van der Waals surface area contributed by atoms with Crippen LogP contribution in [-0.2, 0) is 30.0 Å². The number of aliphatic hydroxyl groups is 1. The monoisotopic (exact) mass is 1090 g/mol. The second-order valence-electron chi connectivity index (χ2n) is 10.4. The second kappa shape index (κ2) is 27.3. The number of nitrogens with one attached hydrogen (secondary N) is 3. The summed E-state index contributed by atoms with van der Waals surface area (Å²) in [5.41, 5.74) is -1.80. The summed E-state index contributed by atoms with van der Waals surface area (Å²) in [6.45, 7) is -0.0264. The number of alkyl halides is 7. The average Bonchev–Trinajstić information content (AvgIpc) is 3.18. The van der Waals surface area contributed by atoms with Crippen molar-refractivity contribution in [2.75, 3.05) is 0 Å². The molecule has 0 amide bonds. The Hall–Kier alpha value is -3.74. The summed E-state index contributed by atoms with van der Waals surface area (Å²) in [4.78, 5) is 57.0. The highest BCUT2D eigenvalue weighted by molar-refractivity contribution is 9.08. The molecule has 0 aliphatic heterocycles. The zero-order valence-corrected chi connectivity index (χ0v) is 37.5. The Bertz CT molecular complexity index is 2380. The van der Waals surface area contributed by atoms with Crippen molar-refractivity contribution in [1.82, 2.24) is 39.9 Å². The number of rotatable bonds is 6. The van der Waals surface area contributed by atoms with Gasteiger partial charge in [0, 0.05) is 77.5 Å². The van der Waals surface area contributed by atoms with E-state index in [4.69, 9.17) is 51.5 Å². The number of carbonyl (C=O) groups is 1. The molecule has 26 heteroatoms. The third kappa shape index (κ3) is 20.2. The van der Waals surface area contributed by atoms with Crippen molar-refractivity contribution >= 4 is 110 Å². The van der Waals surface area contributed by atoms with Crippen LogP contribution in [0.5, 0.6) is 0 Å². The van der Waals surface area contributed by atoms with Gasteiger partial charge in [0.25, 0.3) is 11.1 Å². The van der Waals surface area contributed by atoms with Crippen LogP contribution < -0.4 is 11.1 Å². The SMILES string of the molecule is Br.Clc1cnccc1CBr.O=Cc1ccncc1Cl.O=c1cc(C(F)(F)F)[nH]c(=S)[nH]1.O=c1cc(C(F)(F)F)nc(CSc2ccncc2Cl)[nH]1.OCc1ccncc1Cl. The van der Waals surface area contributed by atoms with Crippen LogP contribution in [0.2, 0.25) is 20.1 Å². The average molecular weight is 1090 g/mol. The van der Waals surface area contributed by atoms with Crippen molar-refractivity contribution in [3.63, 3.8) is 0 Å². The Morgan fingerprint density at radius 3 is 1.67 bits per heavy atom. The van der Waals surface area contributed by atoms with Gasteiger partial charge in [-0.05, 0) is 47.6 Å². The minimum absolute atomic E-state index is 0. The highest BCUT2D eigenvalue weighted by Gasteiger charge is 2.33. The molecule has 12 nitrogen and oxygen atoms in total. The molecule has 0 aliphatic carbocycles. The largest absolute Gasteiger partial charge is 0.433 e. The lowest BCUT2D eigenvalue weighted by Crippen LogP contribution is -2.18. The van der Waals surface area contributed by atoms with E-state index >= 15 is 0 Å². The summed E-state index contributed by atoms with van der Waals surface area (Å²) in [5, 5.41) is 11.4. The van der Waals surface area contributed by atoms with E-state index < -0.39 is 34.9 Å². The maximum absolute atomic E-state index is 12.5. The highest BCUT2D eigenvalue weighted by Crippen LogP contribution is 2.30. The normalized spacial score (nSPS) is 10.4. The number of aromatic amines is 3. The van der Waals surface area contributed by atoms with Gasteiger partial charge in [-0.1, -0.05) is 62.3 Å². The van der Waals surface area contributed by atoms with Gasteiger partial charge in [0.05, 0.1) is 32.5 Å². The predicted molar refractivity (Wildman–Crippen MR) is 228 cm³/mol. The number of aliphatic hydroxyl groups excluding tert-OH is 1. The fourth-order valence-electron chi connectivity index (χ4n) is 3.49. The Balaban J connectivity index is 0.000000391. The number of hydrogen-bond acceptors (Lipinski definition) is 11. The Labute approximate surface area is 383 Å². The number of carbonyl (C=O) groups excluding carboxylic acids is 1. The molecule has 0 spiro atoms. The standard InChI is InChI=1S/C11H7ClF3N3OS.C6H5BrClN.C6H6ClNO.C6H4ClNO.C5H3F3N2OS.BrH/c12-6-4-16-2-1-7(6)20-5-9-17-8(11(13,14)15)3-10(19)18-9;7-3-5-1-2-9-4-6(5)8;2*7-6-3-8-2-1-5(6)4-9;6-5(7,8)2-1-3(11)10-4(12)9-2;/h1-4H,5H2,(H,17,18,19);1-2,4H,3H2;1-3,9H,4H2;1-4H;1H,(H2,9,10,11,12);1H. The van der Waals surface area contributed by atoms with Crippen LogP contribution >= 0.6 is 103 Å². The number of nitrogens with zero attached hydrogens (tertiary/aromatic N) is 5. The van der Waals surface area contributed by atoms with Crippen molar-refractivity contribution in [3.8, 4) is 0 Å². The molecular formula is C34H26Br2Cl4F6N8O4S2. The van der Waals surface area contributed by atoms with Gasteiger partial charge in [-0.25, -0.2) is 4.98 Å². The van der Waals surface area contributed by atoms with E-state index in [0.29, 0.717) is 49.5 Å². The molecule has 0 aromatic carbocycles. The minimum Gasteiger partial charge on any atom is -0.392 e. The van der Waals surface area contributed by atoms with Crippen molar-refractivity contribution < 1.29 is 36.2 Å². The maximum Gasteiger partial charge on any atom is 0.433 e.